The maximum atomic E-state index is 12.9. The molecule has 1 atom stereocenters. The maximum absolute atomic E-state index is 12.9. The summed E-state index contributed by atoms with van der Waals surface area (Å²) in [6.07, 6.45) is -3.19. The Hall–Kier alpha value is -1.89. The average Bonchev–Trinajstić information content (AvgIpc) is 2.62. The van der Waals surface area contributed by atoms with Gasteiger partial charge in [0, 0.05) is 6.54 Å². The second-order valence-corrected chi connectivity index (χ2v) is 4.63. The van der Waals surface area contributed by atoms with Gasteiger partial charge in [-0.05, 0) is 31.2 Å². The van der Waals surface area contributed by atoms with Crippen LogP contribution in [0.4, 0.5) is 8.78 Å². The second-order valence-electron chi connectivity index (χ2n) is 4.63. The fourth-order valence-electron chi connectivity index (χ4n) is 2.16. The molecule has 0 fully saturated rings. The quantitative estimate of drug-likeness (QED) is 0.900. The number of nitrogens with zero attached hydrogens (tertiary/aromatic N) is 1. The van der Waals surface area contributed by atoms with Crippen molar-refractivity contribution in [2.24, 2.45) is 0 Å². The summed E-state index contributed by atoms with van der Waals surface area (Å²) in [5.41, 5.74) is 0.673. The first kappa shape index (κ1) is 14.5. The Bertz CT molecular complexity index is 521. The van der Waals surface area contributed by atoms with Crippen molar-refractivity contribution in [3.8, 4) is 11.5 Å². The van der Waals surface area contributed by atoms with Crippen LogP contribution in [0.2, 0.25) is 0 Å². The van der Waals surface area contributed by atoms with Crippen molar-refractivity contribution in [1.29, 1.82) is 0 Å². The van der Waals surface area contributed by atoms with E-state index in [2.05, 4.69) is 9.47 Å². The minimum absolute atomic E-state index is 0.0216. The lowest BCUT2D eigenvalue weighted by atomic mass is 10.1. The fraction of sp³-hybridized carbons (Fsp3) is 0.462. The predicted molar refractivity (Wildman–Crippen MR) is 65.8 cm³/mol. The monoisotopic (exact) mass is 287 g/mol. The Morgan fingerprint density at radius 3 is 2.65 bits per heavy atom. The third-order valence-corrected chi connectivity index (χ3v) is 3.10. The number of hydrogen-bond acceptors (Lipinski definition) is 4. The van der Waals surface area contributed by atoms with E-state index in [1.54, 1.807) is 24.9 Å². The molecule has 0 spiro atoms. The zero-order valence-corrected chi connectivity index (χ0v) is 11.1. The number of benzene rings is 1. The fourth-order valence-corrected chi connectivity index (χ4v) is 2.16. The molecule has 1 aromatic carbocycles. The number of fused-ring (bicyclic) bond motifs is 1. The number of carbonyl (C=O) groups is 1. The first-order chi connectivity index (χ1) is 9.32. The lowest BCUT2D eigenvalue weighted by molar-refractivity contribution is -0.286. The topological polar surface area (TPSA) is 59.0 Å². The van der Waals surface area contributed by atoms with Crippen LogP contribution in [0.5, 0.6) is 11.5 Å². The van der Waals surface area contributed by atoms with Gasteiger partial charge in [-0.2, -0.15) is 0 Å². The Morgan fingerprint density at radius 2 is 2.05 bits per heavy atom. The summed E-state index contributed by atoms with van der Waals surface area (Å²) in [4.78, 5) is 12.7. The number of halogens is 2. The maximum Gasteiger partial charge on any atom is 0.586 e. The van der Waals surface area contributed by atoms with Crippen molar-refractivity contribution in [2.45, 2.75) is 32.2 Å². The second kappa shape index (κ2) is 5.24. The summed E-state index contributed by atoms with van der Waals surface area (Å²) < 4.78 is 34.4. The lowest BCUT2D eigenvalue weighted by Gasteiger charge is -2.23. The van der Waals surface area contributed by atoms with Crippen LogP contribution in [-0.2, 0) is 11.3 Å². The number of carboxylic acid groups (broad SMARTS) is 1. The molecule has 0 bridgehead atoms. The van der Waals surface area contributed by atoms with Crippen molar-refractivity contribution in [2.75, 3.05) is 7.05 Å². The van der Waals surface area contributed by atoms with Gasteiger partial charge in [-0.1, -0.05) is 13.0 Å². The molecule has 110 valence electrons. The molecule has 20 heavy (non-hydrogen) atoms. The molecule has 0 aliphatic carbocycles. The molecule has 5 nitrogen and oxygen atoms in total. The van der Waals surface area contributed by atoms with Crippen molar-refractivity contribution < 1.29 is 28.2 Å². The molecule has 0 aromatic heterocycles. The molecular weight excluding hydrogens is 272 g/mol. The Balaban J connectivity index is 2.11. The number of alkyl halides is 2. The van der Waals surface area contributed by atoms with Crippen LogP contribution in [-0.4, -0.2) is 35.4 Å². The van der Waals surface area contributed by atoms with Crippen LogP contribution >= 0.6 is 0 Å². The molecule has 1 aliphatic heterocycles. The molecule has 0 radical (unpaired) electrons. The highest BCUT2D eigenvalue weighted by Crippen LogP contribution is 2.41. The summed E-state index contributed by atoms with van der Waals surface area (Å²) >= 11 is 0. The number of ether oxygens (including phenoxy) is 2. The third kappa shape index (κ3) is 2.98. The third-order valence-electron chi connectivity index (χ3n) is 3.10. The standard InChI is InChI=1S/C13H15F2NO4/c1-3-9(12(17)18)16(2)7-8-4-5-10-11(6-8)20-13(14,15)19-10/h4-6,9H,3,7H2,1-2H3,(H,17,18). The number of aliphatic carboxylic acids is 1. The van der Waals surface area contributed by atoms with Crippen LogP contribution in [0, 0.1) is 0 Å². The predicted octanol–water partition coefficient (Wildman–Crippen LogP) is 2.30. The first-order valence-electron chi connectivity index (χ1n) is 6.14. The van der Waals surface area contributed by atoms with Gasteiger partial charge >= 0.3 is 12.3 Å². The number of likely N-dealkylation sites (N-methyl/N-ethyl adjacent to an activating group) is 1. The van der Waals surface area contributed by atoms with Crippen LogP contribution < -0.4 is 9.47 Å². The SMILES string of the molecule is CCC(C(=O)O)N(C)Cc1ccc2c(c1)OC(F)(F)O2. The van der Waals surface area contributed by atoms with Crippen LogP contribution in [0.3, 0.4) is 0 Å². The summed E-state index contributed by atoms with van der Waals surface area (Å²) in [5, 5.41) is 9.06. The molecule has 1 heterocycles. The summed E-state index contributed by atoms with van der Waals surface area (Å²) in [7, 11) is 1.67. The molecule has 1 aliphatic rings. The van der Waals surface area contributed by atoms with Gasteiger partial charge in [-0.3, -0.25) is 9.69 Å². The summed E-state index contributed by atoms with van der Waals surface area (Å²) in [6, 6.07) is 3.80. The number of hydrogen-bond donors (Lipinski definition) is 1. The largest absolute Gasteiger partial charge is 0.586 e. The Kier molecular flexibility index (Phi) is 3.80. The van der Waals surface area contributed by atoms with Crippen molar-refractivity contribution in [3.63, 3.8) is 0 Å². The van der Waals surface area contributed by atoms with Gasteiger partial charge in [0.25, 0.3) is 0 Å². The van der Waals surface area contributed by atoms with Crippen LogP contribution in [0.25, 0.3) is 0 Å². The molecule has 1 N–H and O–H groups in total. The van der Waals surface area contributed by atoms with Gasteiger partial charge in [0.05, 0.1) is 0 Å². The molecule has 0 saturated heterocycles. The molecule has 7 heteroatoms. The molecule has 1 aromatic rings. The summed E-state index contributed by atoms with van der Waals surface area (Å²) in [6.45, 7) is 2.09. The molecule has 1 unspecified atom stereocenters. The van der Waals surface area contributed by atoms with Gasteiger partial charge in [-0.15, -0.1) is 8.78 Å². The zero-order chi connectivity index (χ0) is 14.9. The van der Waals surface area contributed by atoms with E-state index in [4.69, 9.17) is 5.11 Å². The molecule has 0 saturated carbocycles. The Morgan fingerprint density at radius 1 is 1.40 bits per heavy atom. The van der Waals surface area contributed by atoms with E-state index in [0.717, 1.165) is 0 Å². The molecule has 2 rings (SSSR count). The minimum atomic E-state index is -3.64. The minimum Gasteiger partial charge on any atom is -0.480 e. The van der Waals surface area contributed by atoms with Crippen LogP contribution in [0.15, 0.2) is 18.2 Å². The lowest BCUT2D eigenvalue weighted by Crippen LogP contribution is -2.37. The summed E-state index contributed by atoms with van der Waals surface area (Å²) in [5.74, 6) is -0.974. The highest BCUT2D eigenvalue weighted by Gasteiger charge is 2.43. The van der Waals surface area contributed by atoms with E-state index in [1.165, 1.54) is 12.1 Å². The number of carboxylic acids is 1. The van der Waals surface area contributed by atoms with Gasteiger partial charge in [0.2, 0.25) is 0 Å². The number of rotatable bonds is 5. The van der Waals surface area contributed by atoms with Crippen LogP contribution in [0.1, 0.15) is 18.9 Å². The van der Waals surface area contributed by atoms with E-state index in [9.17, 15) is 13.6 Å². The molecular formula is C13H15F2NO4. The van der Waals surface area contributed by atoms with E-state index in [0.29, 0.717) is 18.5 Å². The van der Waals surface area contributed by atoms with Crippen molar-refractivity contribution >= 4 is 5.97 Å². The van der Waals surface area contributed by atoms with Gasteiger partial charge in [0.1, 0.15) is 6.04 Å². The highest BCUT2D eigenvalue weighted by atomic mass is 19.3. The van der Waals surface area contributed by atoms with E-state index < -0.39 is 18.3 Å². The van der Waals surface area contributed by atoms with Crippen molar-refractivity contribution in [1.82, 2.24) is 4.90 Å². The van der Waals surface area contributed by atoms with Gasteiger partial charge in [-0.25, -0.2) is 0 Å². The molecule has 0 amide bonds. The first-order valence-corrected chi connectivity index (χ1v) is 6.14. The normalized spacial score (nSPS) is 17.2. The smallest absolute Gasteiger partial charge is 0.480 e. The van der Waals surface area contributed by atoms with Crippen molar-refractivity contribution in [3.05, 3.63) is 23.8 Å². The highest BCUT2D eigenvalue weighted by molar-refractivity contribution is 5.73. The van der Waals surface area contributed by atoms with Gasteiger partial charge in [0.15, 0.2) is 11.5 Å². The average molecular weight is 287 g/mol. The van der Waals surface area contributed by atoms with E-state index in [1.807, 2.05) is 0 Å². The van der Waals surface area contributed by atoms with E-state index >= 15 is 0 Å². The zero-order valence-electron chi connectivity index (χ0n) is 11.1. The van der Waals surface area contributed by atoms with E-state index in [-0.39, 0.29) is 11.5 Å². The Labute approximate surface area is 114 Å². The van der Waals surface area contributed by atoms with Gasteiger partial charge < -0.3 is 14.6 Å².